The molecule has 3 aromatic carbocycles. The normalized spacial score (nSPS) is 11.2. The lowest BCUT2D eigenvalue weighted by atomic mass is 10.1. The van der Waals surface area contributed by atoms with E-state index in [4.69, 9.17) is 9.40 Å². The highest BCUT2D eigenvalue weighted by atomic mass is 19.1. The summed E-state index contributed by atoms with van der Waals surface area (Å²) in [7, 11) is 0. The third-order valence-corrected chi connectivity index (χ3v) is 4.86. The predicted molar refractivity (Wildman–Crippen MR) is 113 cm³/mol. The number of fused-ring (bicyclic) bond motifs is 3. The van der Waals surface area contributed by atoms with Gasteiger partial charge >= 0.3 is 0 Å². The maximum atomic E-state index is 13.8. The fourth-order valence-electron chi connectivity index (χ4n) is 3.47. The number of aromatic nitrogens is 2. The molecule has 0 aliphatic heterocycles. The van der Waals surface area contributed by atoms with E-state index in [1.54, 1.807) is 6.07 Å². The predicted octanol–water partition coefficient (Wildman–Crippen LogP) is 5.84. The standard InChI is InChI=1S/C24H18FN3O/c25-18-10-6-9-17(15-18)21-22-23(19-11-4-5-12-20(19)27-21)29-24(28-22)26-14-13-16-7-2-1-3-8-16/h1-12,15H,13-14H2,(H,26,28). The van der Waals surface area contributed by atoms with Crippen molar-refractivity contribution in [2.45, 2.75) is 6.42 Å². The van der Waals surface area contributed by atoms with Crippen LogP contribution >= 0.6 is 0 Å². The van der Waals surface area contributed by atoms with E-state index in [0.29, 0.717) is 34.9 Å². The van der Waals surface area contributed by atoms with Crippen molar-refractivity contribution >= 4 is 28.0 Å². The van der Waals surface area contributed by atoms with Crippen molar-refractivity contribution in [3.8, 4) is 11.3 Å². The minimum absolute atomic E-state index is 0.310. The van der Waals surface area contributed by atoms with Crippen molar-refractivity contribution in [1.29, 1.82) is 0 Å². The molecule has 0 spiro atoms. The molecule has 0 fully saturated rings. The minimum Gasteiger partial charge on any atom is -0.423 e. The molecule has 1 N–H and O–H groups in total. The van der Waals surface area contributed by atoms with E-state index in [1.165, 1.54) is 17.7 Å². The zero-order valence-corrected chi connectivity index (χ0v) is 15.6. The van der Waals surface area contributed by atoms with E-state index < -0.39 is 0 Å². The van der Waals surface area contributed by atoms with E-state index in [-0.39, 0.29) is 5.82 Å². The van der Waals surface area contributed by atoms with Gasteiger partial charge in [0.25, 0.3) is 6.01 Å². The van der Waals surface area contributed by atoms with Crippen LogP contribution in [0.25, 0.3) is 33.3 Å². The summed E-state index contributed by atoms with van der Waals surface area (Å²) in [6.45, 7) is 0.692. The van der Waals surface area contributed by atoms with E-state index in [2.05, 4.69) is 22.4 Å². The second-order valence-corrected chi connectivity index (χ2v) is 6.85. The Morgan fingerprint density at radius 3 is 2.55 bits per heavy atom. The molecule has 5 heteroatoms. The Labute approximate surface area is 167 Å². The van der Waals surface area contributed by atoms with E-state index in [1.807, 2.05) is 48.5 Å². The molecule has 0 unspecified atom stereocenters. The molecule has 0 aliphatic carbocycles. The molecule has 2 heterocycles. The summed E-state index contributed by atoms with van der Waals surface area (Å²) in [5.41, 5.74) is 4.58. The van der Waals surface area contributed by atoms with Gasteiger partial charge in [0.1, 0.15) is 17.0 Å². The SMILES string of the molecule is Fc1cccc(-c2nc3ccccc3c3oc(NCCc4ccccc4)nc23)c1. The van der Waals surface area contributed by atoms with Crippen molar-refractivity contribution in [2.75, 3.05) is 11.9 Å². The quantitative estimate of drug-likeness (QED) is 0.414. The van der Waals surface area contributed by atoms with Gasteiger partial charge in [-0.25, -0.2) is 9.37 Å². The Bertz CT molecular complexity index is 1300. The van der Waals surface area contributed by atoms with Gasteiger partial charge < -0.3 is 9.73 Å². The lowest BCUT2D eigenvalue weighted by molar-refractivity contribution is 0.617. The molecule has 142 valence electrons. The van der Waals surface area contributed by atoms with E-state index in [9.17, 15) is 4.39 Å². The molecular weight excluding hydrogens is 365 g/mol. The zero-order chi connectivity index (χ0) is 19.6. The molecule has 5 rings (SSSR count). The molecule has 0 saturated carbocycles. The number of halogens is 1. The number of rotatable bonds is 5. The summed E-state index contributed by atoms with van der Waals surface area (Å²) < 4.78 is 19.9. The van der Waals surface area contributed by atoms with Crippen LogP contribution in [-0.2, 0) is 6.42 Å². The third-order valence-electron chi connectivity index (χ3n) is 4.86. The number of para-hydroxylation sites is 1. The van der Waals surface area contributed by atoms with Gasteiger partial charge in [-0.3, -0.25) is 0 Å². The lowest BCUT2D eigenvalue weighted by Crippen LogP contribution is -2.04. The Hall–Kier alpha value is -3.73. The van der Waals surface area contributed by atoms with Crippen LogP contribution in [0.15, 0.2) is 83.3 Å². The molecule has 0 atom stereocenters. The first kappa shape index (κ1) is 17.4. The van der Waals surface area contributed by atoms with Crippen LogP contribution in [-0.4, -0.2) is 16.5 Å². The Kier molecular flexibility index (Phi) is 4.41. The maximum Gasteiger partial charge on any atom is 0.295 e. The highest BCUT2D eigenvalue weighted by molar-refractivity contribution is 6.06. The van der Waals surface area contributed by atoms with Crippen LogP contribution in [0, 0.1) is 5.82 Å². The van der Waals surface area contributed by atoms with Crippen LogP contribution in [0.2, 0.25) is 0 Å². The summed E-state index contributed by atoms with van der Waals surface area (Å²) in [5.74, 6) is -0.310. The molecular formula is C24H18FN3O. The number of nitrogens with zero attached hydrogens (tertiary/aromatic N) is 2. The smallest absolute Gasteiger partial charge is 0.295 e. The van der Waals surface area contributed by atoms with Crippen molar-refractivity contribution in [1.82, 2.24) is 9.97 Å². The maximum absolute atomic E-state index is 13.8. The first-order valence-corrected chi connectivity index (χ1v) is 9.51. The van der Waals surface area contributed by atoms with Gasteiger partial charge in [0.2, 0.25) is 0 Å². The first-order chi connectivity index (χ1) is 14.3. The lowest BCUT2D eigenvalue weighted by Gasteiger charge is -2.04. The van der Waals surface area contributed by atoms with Gasteiger partial charge in [0.05, 0.1) is 5.52 Å². The average Bonchev–Trinajstić information content (AvgIpc) is 3.18. The van der Waals surface area contributed by atoms with Gasteiger partial charge in [-0.05, 0) is 36.2 Å². The fraction of sp³-hybridized carbons (Fsp3) is 0.0833. The molecule has 0 bridgehead atoms. The summed E-state index contributed by atoms with van der Waals surface area (Å²) in [4.78, 5) is 9.38. The highest BCUT2D eigenvalue weighted by Crippen LogP contribution is 2.34. The van der Waals surface area contributed by atoms with Crippen LogP contribution in [0.1, 0.15) is 5.56 Å². The third kappa shape index (κ3) is 3.43. The molecule has 0 radical (unpaired) electrons. The molecule has 2 aromatic heterocycles. The van der Waals surface area contributed by atoms with Crippen molar-refractivity contribution in [2.24, 2.45) is 0 Å². The summed E-state index contributed by atoms with van der Waals surface area (Å²) in [6.07, 6.45) is 0.856. The van der Waals surface area contributed by atoms with E-state index >= 15 is 0 Å². The molecule has 29 heavy (non-hydrogen) atoms. The number of nitrogens with one attached hydrogen (secondary N) is 1. The Morgan fingerprint density at radius 1 is 0.862 bits per heavy atom. The minimum atomic E-state index is -0.310. The van der Waals surface area contributed by atoms with E-state index in [0.717, 1.165) is 17.3 Å². The molecule has 0 aliphatic rings. The molecule has 0 saturated heterocycles. The highest BCUT2D eigenvalue weighted by Gasteiger charge is 2.17. The summed E-state index contributed by atoms with van der Waals surface area (Å²) in [6, 6.07) is 24.8. The molecule has 4 nitrogen and oxygen atoms in total. The largest absolute Gasteiger partial charge is 0.423 e. The van der Waals surface area contributed by atoms with Gasteiger partial charge in [0, 0.05) is 17.5 Å². The Balaban J connectivity index is 1.56. The first-order valence-electron chi connectivity index (χ1n) is 9.51. The van der Waals surface area contributed by atoms with Gasteiger partial charge in [-0.2, -0.15) is 4.98 Å². The summed E-state index contributed by atoms with van der Waals surface area (Å²) in [5, 5.41) is 4.14. The van der Waals surface area contributed by atoms with Crippen molar-refractivity contribution in [3.05, 3.63) is 90.2 Å². The second kappa shape index (κ2) is 7.36. The topological polar surface area (TPSA) is 51.0 Å². The van der Waals surface area contributed by atoms with Crippen LogP contribution in [0.3, 0.4) is 0 Å². The number of benzene rings is 3. The fourth-order valence-corrected chi connectivity index (χ4v) is 3.47. The van der Waals surface area contributed by atoms with Crippen LogP contribution in [0.5, 0.6) is 0 Å². The zero-order valence-electron chi connectivity index (χ0n) is 15.6. The van der Waals surface area contributed by atoms with Gasteiger partial charge in [0.15, 0.2) is 5.58 Å². The average molecular weight is 383 g/mol. The number of hydrogen-bond acceptors (Lipinski definition) is 4. The van der Waals surface area contributed by atoms with Crippen LogP contribution < -0.4 is 5.32 Å². The number of pyridine rings is 1. The summed E-state index contributed by atoms with van der Waals surface area (Å²) >= 11 is 0. The Morgan fingerprint density at radius 2 is 1.69 bits per heavy atom. The van der Waals surface area contributed by atoms with Crippen LogP contribution in [0.4, 0.5) is 10.4 Å². The monoisotopic (exact) mass is 383 g/mol. The number of anilines is 1. The second-order valence-electron chi connectivity index (χ2n) is 6.85. The molecule has 0 amide bonds. The van der Waals surface area contributed by atoms with Crippen molar-refractivity contribution < 1.29 is 8.81 Å². The van der Waals surface area contributed by atoms with Gasteiger partial charge in [-0.1, -0.05) is 54.6 Å². The molecule has 5 aromatic rings. The number of oxazole rings is 1. The van der Waals surface area contributed by atoms with Crippen molar-refractivity contribution in [3.63, 3.8) is 0 Å². The number of hydrogen-bond donors (Lipinski definition) is 1. The van der Waals surface area contributed by atoms with Gasteiger partial charge in [-0.15, -0.1) is 0 Å².